The summed E-state index contributed by atoms with van der Waals surface area (Å²) in [5, 5.41) is 4.35. The van der Waals surface area contributed by atoms with Crippen molar-refractivity contribution in [1.29, 1.82) is 0 Å². The number of nitrogens with zero attached hydrogens (tertiary/aromatic N) is 2. The van der Waals surface area contributed by atoms with Crippen molar-refractivity contribution in [3.63, 3.8) is 0 Å². The second-order valence-electron chi connectivity index (χ2n) is 11.3. The molecule has 0 spiro atoms. The molecule has 0 bridgehead atoms. The molecule has 0 aliphatic heterocycles. The van der Waals surface area contributed by atoms with Gasteiger partial charge in [0.05, 0.1) is 22.0 Å². The van der Waals surface area contributed by atoms with Crippen molar-refractivity contribution in [1.82, 2.24) is 10.2 Å². The average molecular weight is 679 g/mol. The van der Waals surface area contributed by atoms with Gasteiger partial charge in [0.1, 0.15) is 6.04 Å². The van der Waals surface area contributed by atoms with Crippen LogP contribution in [0.4, 0.5) is 5.69 Å². The Hall–Kier alpha value is -2.78. The Balaban J connectivity index is 1.62. The third-order valence-corrected chi connectivity index (χ3v) is 10.1. The first-order chi connectivity index (χ1) is 20.9. The van der Waals surface area contributed by atoms with Gasteiger partial charge in [-0.05, 0) is 67.1 Å². The molecule has 1 aliphatic rings. The highest BCUT2D eigenvalue weighted by molar-refractivity contribution is 7.92. The minimum Gasteiger partial charge on any atom is -0.352 e. The van der Waals surface area contributed by atoms with Gasteiger partial charge in [-0.2, -0.15) is 0 Å². The number of aryl methyl sites for hydroxylation is 1. The Morgan fingerprint density at radius 3 is 2.30 bits per heavy atom. The summed E-state index contributed by atoms with van der Waals surface area (Å²) in [5.74, 6) is -0.476. The van der Waals surface area contributed by atoms with E-state index < -0.39 is 16.1 Å². The highest BCUT2D eigenvalue weighted by atomic mass is 35.5. The van der Waals surface area contributed by atoms with E-state index in [0.717, 1.165) is 48.6 Å². The normalized spacial score (nSPS) is 14.3. The molecule has 11 heteroatoms. The Morgan fingerprint density at radius 2 is 1.64 bits per heavy atom. The highest BCUT2D eigenvalue weighted by Crippen LogP contribution is 2.28. The van der Waals surface area contributed by atoms with Gasteiger partial charge in [0.15, 0.2) is 0 Å². The van der Waals surface area contributed by atoms with E-state index in [1.807, 2.05) is 37.3 Å². The molecular weight excluding hydrogens is 641 g/mol. The molecule has 1 atom stereocenters. The van der Waals surface area contributed by atoms with E-state index in [4.69, 9.17) is 34.8 Å². The molecular formula is C33H38Cl3N3O4S. The summed E-state index contributed by atoms with van der Waals surface area (Å²) in [4.78, 5) is 29.5. The summed E-state index contributed by atoms with van der Waals surface area (Å²) in [6, 6.07) is 19.1. The zero-order valence-electron chi connectivity index (χ0n) is 24.9. The number of benzene rings is 3. The molecule has 44 heavy (non-hydrogen) atoms. The number of carbonyl (C=O) groups is 2. The summed E-state index contributed by atoms with van der Waals surface area (Å²) in [6.45, 7) is 2.02. The van der Waals surface area contributed by atoms with Gasteiger partial charge in [-0.1, -0.05) is 90.1 Å². The van der Waals surface area contributed by atoms with Crippen molar-refractivity contribution < 1.29 is 18.0 Å². The molecule has 0 radical (unpaired) electrons. The van der Waals surface area contributed by atoms with Crippen molar-refractivity contribution in [2.75, 3.05) is 17.1 Å². The SMILES string of the molecule is Cc1ccc(Cl)cc1N(CCCC(=O)N(Cc1ccc(Cl)c(Cl)c1)C(Cc1ccccc1)C(=O)NC1CCCC1)S(C)(=O)=O. The standard InChI is InChI=1S/C33H38Cl3N3O4S/c1-23-14-16-26(34)21-30(23)39(44(2,42)43)18-8-13-32(40)38(22-25-15-17-28(35)29(36)19-25)31(20-24-9-4-3-5-10-24)33(41)37-27-11-6-7-12-27/h3-5,9-10,14-17,19,21,27,31H,6-8,11-13,18,20,22H2,1-2H3,(H,37,41). The number of amides is 2. The van der Waals surface area contributed by atoms with Crippen LogP contribution in [0.2, 0.25) is 15.1 Å². The fraction of sp³-hybridized carbons (Fsp3) is 0.394. The summed E-state index contributed by atoms with van der Waals surface area (Å²) in [5.41, 5.74) is 2.87. The lowest BCUT2D eigenvalue weighted by molar-refractivity contribution is -0.141. The van der Waals surface area contributed by atoms with Crippen LogP contribution in [0.1, 0.15) is 55.2 Å². The molecule has 1 aliphatic carbocycles. The number of halogens is 3. The number of carbonyl (C=O) groups excluding carboxylic acids is 2. The number of hydrogen-bond donors (Lipinski definition) is 1. The van der Waals surface area contributed by atoms with Crippen LogP contribution in [0.25, 0.3) is 0 Å². The van der Waals surface area contributed by atoms with E-state index in [1.165, 1.54) is 4.31 Å². The van der Waals surface area contributed by atoms with E-state index in [0.29, 0.717) is 27.2 Å². The van der Waals surface area contributed by atoms with Gasteiger partial charge >= 0.3 is 0 Å². The van der Waals surface area contributed by atoms with Crippen molar-refractivity contribution in [2.24, 2.45) is 0 Å². The third kappa shape index (κ3) is 9.36. The molecule has 1 fully saturated rings. The molecule has 0 aromatic heterocycles. The minimum atomic E-state index is -3.66. The summed E-state index contributed by atoms with van der Waals surface area (Å²) < 4.78 is 26.8. The average Bonchev–Trinajstić information content (AvgIpc) is 3.49. The molecule has 2 amide bonds. The van der Waals surface area contributed by atoms with Crippen LogP contribution in [0.5, 0.6) is 0 Å². The minimum absolute atomic E-state index is 0.0228. The quantitative estimate of drug-likeness (QED) is 0.207. The van der Waals surface area contributed by atoms with Crippen LogP contribution >= 0.6 is 34.8 Å². The predicted molar refractivity (Wildman–Crippen MR) is 179 cm³/mol. The van der Waals surface area contributed by atoms with Crippen LogP contribution in [0, 0.1) is 6.92 Å². The molecule has 1 unspecified atom stereocenters. The maximum absolute atomic E-state index is 14.1. The Morgan fingerprint density at radius 1 is 0.932 bits per heavy atom. The zero-order chi connectivity index (χ0) is 31.9. The number of rotatable bonds is 13. The molecule has 0 heterocycles. The summed E-state index contributed by atoms with van der Waals surface area (Å²) in [6.07, 6.45) is 5.65. The maximum atomic E-state index is 14.1. The van der Waals surface area contributed by atoms with Crippen LogP contribution in [-0.4, -0.2) is 50.0 Å². The Kier molecular flexibility index (Phi) is 12.0. The highest BCUT2D eigenvalue weighted by Gasteiger charge is 2.32. The number of sulfonamides is 1. The largest absolute Gasteiger partial charge is 0.352 e. The van der Waals surface area contributed by atoms with E-state index in [9.17, 15) is 18.0 Å². The van der Waals surface area contributed by atoms with Crippen LogP contribution < -0.4 is 9.62 Å². The molecule has 3 aromatic rings. The maximum Gasteiger partial charge on any atom is 0.243 e. The molecule has 7 nitrogen and oxygen atoms in total. The lowest BCUT2D eigenvalue weighted by Crippen LogP contribution is -2.52. The molecule has 4 rings (SSSR count). The second kappa shape index (κ2) is 15.5. The van der Waals surface area contributed by atoms with Gasteiger partial charge in [0.25, 0.3) is 0 Å². The lowest BCUT2D eigenvalue weighted by atomic mass is 10.0. The van der Waals surface area contributed by atoms with Gasteiger partial charge in [-0.15, -0.1) is 0 Å². The fourth-order valence-corrected chi connectivity index (χ4v) is 7.09. The van der Waals surface area contributed by atoms with Crippen LogP contribution in [-0.2, 0) is 32.6 Å². The van der Waals surface area contributed by atoms with Crippen molar-refractivity contribution in [3.8, 4) is 0 Å². The van der Waals surface area contributed by atoms with Gasteiger partial charge in [-0.3, -0.25) is 13.9 Å². The molecule has 0 saturated heterocycles. The predicted octanol–water partition coefficient (Wildman–Crippen LogP) is 7.20. The first-order valence-corrected chi connectivity index (χ1v) is 17.7. The van der Waals surface area contributed by atoms with Gasteiger partial charge in [-0.25, -0.2) is 8.42 Å². The fourth-order valence-electron chi connectivity index (χ4n) is 5.59. The topological polar surface area (TPSA) is 86.8 Å². The zero-order valence-corrected chi connectivity index (χ0v) is 28.0. The van der Waals surface area contributed by atoms with Gasteiger partial charge in [0, 0.05) is 37.0 Å². The van der Waals surface area contributed by atoms with Crippen LogP contribution in [0.15, 0.2) is 66.7 Å². The number of hydrogen-bond acceptors (Lipinski definition) is 4. The lowest BCUT2D eigenvalue weighted by Gasteiger charge is -2.33. The van der Waals surface area contributed by atoms with Crippen molar-refractivity contribution >= 4 is 62.3 Å². The molecule has 236 valence electrons. The van der Waals surface area contributed by atoms with Gasteiger partial charge < -0.3 is 10.2 Å². The van der Waals surface area contributed by atoms with E-state index in [1.54, 1.807) is 41.3 Å². The molecule has 1 N–H and O–H groups in total. The third-order valence-electron chi connectivity index (χ3n) is 7.90. The van der Waals surface area contributed by atoms with E-state index in [-0.39, 0.29) is 43.8 Å². The second-order valence-corrected chi connectivity index (χ2v) is 14.5. The molecule has 3 aromatic carbocycles. The van der Waals surface area contributed by atoms with Crippen LogP contribution in [0.3, 0.4) is 0 Å². The summed E-state index contributed by atoms with van der Waals surface area (Å²) in [7, 11) is -3.66. The Bertz CT molecular complexity index is 1560. The van der Waals surface area contributed by atoms with Gasteiger partial charge in [0.2, 0.25) is 21.8 Å². The number of anilines is 1. The first-order valence-electron chi connectivity index (χ1n) is 14.7. The Labute approximate surface area is 275 Å². The van der Waals surface area contributed by atoms with E-state index >= 15 is 0 Å². The first kappa shape index (κ1) is 34.1. The molecule has 1 saturated carbocycles. The van der Waals surface area contributed by atoms with Crippen molar-refractivity contribution in [2.45, 2.75) is 70.5 Å². The smallest absolute Gasteiger partial charge is 0.243 e. The number of nitrogens with one attached hydrogen (secondary N) is 1. The van der Waals surface area contributed by atoms with Crippen molar-refractivity contribution in [3.05, 3.63) is 98.5 Å². The monoisotopic (exact) mass is 677 g/mol. The summed E-state index contributed by atoms with van der Waals surface area (Å²) >= 11 is 18.7. The van der Waals surface area contributed by atoms with E-state index in [2.05, 4.69) is 5.32 Å².